The van der Waals surface area contributed by atoms with Crippen molar-refractivity contribution >= 4 is 55.3 Å². The number of aryl methyl sites for hydroxylation is 1. The maximum absolute atomic E-state index is 11.1. The molecule has 0 bridgehead atoms. The number of methoxy groups -OCH3 is 1. The summed E-state index contributed by atoms with van der Waals surface area (Å²) < 4.78 is 11.9. The molecular formula is C18H15BrN2O4S. The van der Waals surface area contributed by atoms with Gasteiger partial charge >= 0.3 is 0 Å². The summed E-state index contributed by atoms with van der Waals surface area (Å²) in [5.41, 5.74) is 2.47. The average Bonchev–Trinajstić information content (AvgIpc) is 3.00. The van der Waals surface area contributed by atoms with Crippen LogP contribution in [0.15, 0.2) is 34.8 Å². The number of rotatable bonds is 6. The van der Waals surface area contributed by atoms with E-state index < -0.39 is 0 Å². The highest BCUT2D eigenvalue weighted by Crippen LogP contribution is 2.31. The van der Waals surface area contributed by atoms with Crippen molar-refractivity contribution in [2.75, 3.05) is 13.9 Å². The Hall–Kier alpha value is -2.29. The van der Waals surface area contributed by atoms with E-state index in [0.717, 1.165) is 25.3 Å². The number of nitrogens with zero attached hydrogens (tertiary/aromatic N) is 2. The second-order valence-corrected chi connectivity index (χ2v) is 7.41. The lowest BCUT2D eigenvalue weighted by Crippen LogP contribution is -1.99. The van der Waals surface area contributed by atoms with E-state index in [1.165, 1.54) is 11.3 Å². The van der Waals surface area contributed by atoms with Crippen molar-refractivity contribution in [1.82, 2.24) is 4.98 Å². The summed E-state index contributed by atoms with van der Waals surface area (Å²) >= 11 is 4.89. The van der Waals surface area contributed by atoms with E-state index in [2.05, 4.69) is 20.9 Å². The quantitative estimate of drug-likeness (QED) is 0.293. The van der Waals surface area contributed by atoms with Gasteiger partial charge in [-0.2, -0.15) is 0 Å². The first kappa shape index (κ1) is 18.5. The van der Waals surface area contributed by atoms with Crippen LogP contribution in [0.4, 0.5) is 5.69 Å². The molecule has 1 heterocycles. The first-order chi connectivity index (χ1) is 12.5. The van der Waals surface area contributed by atoms with Crippen LogP contribution in [-0.2, 0) is 4.74 Å². The third-order valence-corrected chi connectivity index (χ3v) is 5.23. The summed E-state index contributed by atoms with van der Waals surface area (Å²) in [6.45, 7) is 1.90. The summed E-state index contributed by atoms with van der Waals surface area (Å²) in [7, 11) is 1.57. The highest BCUT2D eigenvalue weighted by molar-refractivity contribution is 9.10. The Morgan fingerprint density at radius 1 is 1.31 bits per heavy atom. The Balaban J connectivity index is 1.84. The average molecular weight is 435 g/mol. The Labute approximate surface area is 162 Å². The topological polar surface area (TPSA) is 74.5 Å². The van der Waals surface area contributed by atoms with E-state index in [1.54, 1.807) is 26.2 Å². The fraction of sp³-hybridized carbons (Fsp3) is 0.167. The molecule has 0 aliphatic rings. The Bertz CT molecular complexity index is 1000. The maximum atomic E-state index is 11.1. The van der Waals surface area contributed by atoms with Crippen molar-refractivity contribution in [2.24, 2.45) is 0 Å². The largest absolute Gasteiger partial charge is 0.466 e. The molecule has 0 radical (unpaired) electrons. The lowest BCUT2D eigenvalue weighted by molar-refractivity contribution is -0.385. The molecule has 0 aliphatic carbocycles. The summed E-state index contributed by atoms with van der Waals surface area (Å²) in [5.74, 6) is 0.701. The first-order valence-electron chi connectivity index (χ1n) is 7.63. The van der Waals surface area contributed by atoms with Crippen molar-refractivity contribution in [3.63, 3.8) is 0 Å². The van der Waals surface area contributed by atoms with Gasteiger partial charge in [0.2, 0.25) is 0 Å². The standard InChI is InChI=1S/C18H15BrN2O4S/c1-11-7-14-17(9-15(11)21(22)23)26-18(20-14)6-4-12-3-5-16(13(19)8-12)25-10-24-2/h3-9H,10H2,1-2H3. The van der Waals surface area contributed by atoms with Gasteiger partial charge in [0, 0.05) is 18.7 Å². The van der Waals surface area contributed by atoms with Gasteiger partial charge in [0.1, 0.15) is 10.8 Å². The van der Waals surface area contributed by atoms with Gasteiger partial charge in [0.25, 0.3) is 5.69 Å². The monoisotopic (exact) mass is 434 g/mol. The van der Waals surface area contributed by atoms with Gasteiger partial charge in [-0.15, -0.1) is 11.3 Å². The van der Waals surface area contributed by atoms with Crippen LogP contribution in [0.3, 0.4) is 0 Å². The minimum Gasteiger partial charge on any atom is -0.466 e. The van der Waals surface area contributed by atoms with Crippen LogP contribution in [0.1, 0.15) is 16.1 Å². The number of nitro groups is 1. The van der Waals surface area contributed by atoms with Crippen LogP contribution >= 0.6 is 27.3 Å². The van der Waals surface area contributed by atoms with E-state index in [4.69, 9.17) is 9.47 Å². The molecule has 0 fully saturated rings. The molecule has 3 rings (SSSR count). The van der Waals surface area contributed by atoms with Gasteiger partial charge in [-0.1, -0.05) is 12.1 Å². The van der Waals surface area contributed by atoms with E-state index >= 15 is 0 Å². The molecule has 0 unspecified atom stereocenters. The highest BCUT2D eigenvalue weighted by atomic mass is 79.9. The molecule has 0 atom stereocenters. The zero-order valence-corrected chi connectivity index (χ0v) is 16.5. The van der Waals surface area contributed by atoms with Gasteiger partial charge in [0.15, 0.2) is 6.79 Å². The molecule has 0 N–H and O–H groups in total. The minimum absolute atomic E-state index is 0.118. The SMILES string of the molecule is COCOc1ccc(C=Cc2nc3cc(C)c([N+](=O)[O-])cc3s2)cc1Br. The van der Waals surface area contributed by atoms with Crippen LogP contribution in [0.25, 0.3) is 22.4 Å². The fourth-order valence-electron chi connectivity index (χ4n) is 2.38. The molecule has 0 saturated heterocycles. The van der Waals surface area contributed by atoms with Crippen LogP contribution in [0.5, 0.6) is 5.75 Å². The van der Waals surface area contributed by atoms with Crippen molar-refractivity contribution in [3.05, 3.63) is 61.1 Å². The number of benzene rings is 2. The third-order valence-electron chi connectivity index (χ3n) is 3.63. The Kier molecular flexibility index (Phi) is 5.65. The maximum Gasteiger partial charge on any atom is 0.273 e. The van der Waals surface area contributed by atoms with Gasteiger partial charge in [-0.05, 0) is 52.7 Å². The molecule has 0 aliphatic heterocycles. The van der Waals surface area contributed by atoms with Gasteiger partial charge < -0.3 is 9.47 Å². The van der Waals surface area contributed by atoms with Crippen LogP contribution in [0, 0.1) is 17.0 Å². The smallest absolute Gasteiger partial charge is 0.273 e. The Morgan fingerprint density at radius 3 is 2.81 bits per heavy atom. The number of hydrogen-bond donors (Lipinski definition) is 0. The molecule has 0 spiro atoms. The molecule has 8 heteroatoms. The van der Waals surface area contributed by atoms with E-state index in [9.17, 15) is 10.1 Å². The lowest BCUT2D eigenvalue weighted by atomic mass is 10.2. The van der Waals surface area contributed by atoms with Gasteiger partial charge in [-0.25, -0.2) is 4.98 Å². The summed E-state index contributed by atoms with van der Waals surface area (Å²) in [6, 6.07) is 9.05. The first-order valence-corrected chi connectivity index (χ1v) is 9.24. The molecule has 1 aromatic heterocycles. The van der Waals surface area contributed by atoms with Crippen molar-refractivity contribution in [2.45, 2.75) is 6.92 Å². The molecule has 6 nitrogen and oxygen atoms in total. The molecule has 26 heavy (non-hydrogen) atoms. The van der Waals surface area contributed by atoms with E-state index in [0.29, 0.717) is 11.3 Å². The second-order valence-electron chi connectivity index (χ2n) is 5.49. The fourth-order valence-corrected chi connectivity index (χ4v) is 3.78. The molecule has 134 valence electrons. The van der Waals surface area contributed by atoms with Crippen LogP contribution in [0.2, 0.25) is 0 Å². The molecule has 0 saturated carbocycles. The molecule has 3 aromatic rings. The number of ether oxygens (including phenoxy) is 2. The minimum atomic E-state index is -0.366. The zero-order valence-electron chi connectivity index (χ0n) is 14.1. The number of hydrogen-bond acceptors (Lipinski definition) is 6. The van der Waals surface area contributed by atoms with Crippen molar-refractivity contribution < 1.29 is 14.4 Å². The normalized spacial score (nSPS) is 11.3. The lowest BCUT2D eigenvalue weighted by Gasteiger charge is -2.07. The number of thiazole rings is 1. The van der Waals surface area contributed by atoms with Crippen LogP contribution < -0.4 is 4.74 Å². The van der Waals surface area contributed by atoms with Crippen molar-refractivity contribution in [1.29, 1.82) is 0 Å². The summed E-state index contributed by atoms with van der Waals surface area (Å²) in [5, 5.41) is 11.8. The van der Waals surface area contributed by atoms with Gasteiger partial charge in [0.05, 0.1) is 19.6 Å². The highest BCUT2D eigenvalue weighted by Gasteiger charge is 2.14. The third kappa shape index (κ3) is 4.09. The summed E-state index contributed by atoms with van der Waals surface area (Å²) in [6.07, 6.45) is 3.83. The zero-order chi connectivity index (χ0) is 18.7. The predicted octanol–water partition coefficient (Wildman–Crippen LogP) is 5.43. The number of fused-ring (bicyclic) bond motifs is 1. The second kappa shape index (κ2) is 7.94. The van der Waals surface area contributed by atoms with E-state index in [1.807, 2.05) is 30.4 Å². The number of halogens is 1. The molecule has 0 amide bonds. The molecule has 2 aromatic carbocycles. The Morgan fingerprint density at radius 2 is 2.12 bits per heavy atom. The number of nitro benzene ring substituents is 1. The predicted molar refractivity (Wildman–Crippen MR) is 107 cm³/mol. The van der Waals surface area contributed by atoms with Crippen molar-refractivity contribution in [3.8, 4) is 5.75 Å². The molecular weight excluding hydrogens is 420 g/mol. The number of aromatic nitrogens is 1. The van der Waals surface area contributed by atoms with E-state index in [-0.39, 0.29) is 17.4 Å². The van der Waals surface area contributed by atoms with Gasteiger partial charge in [-0.3, -0.25) is 10.1 Å². The van der Waals surface area contributed by atoms with Crippen LogP contribution in [-0.4, -0.2) is 23.8 Å². The summed E-state index contributed by atoms with van der Waals surface area (Å²) in [4.78, 5) is 15.2.